The van der Waals surface area contributed by atoms with E-state index in [2.05, 4.69) is 0 Å². The van der Waals surface area contributed by atoms with E-state index in [4.69, 9.17) is 18.9 Å². The normalized spacial score (nSPS) is 17.4. The Hall–Kier alpha value is -3.68. The Kier molecular flexibility index (Phi) is 6.92. The van der Waals surface area contributed by atoms with Gasteiger partial charge in [0.05, 0.1) is 45.6 Å². The molecule has 8 heteroatoms. The quantitative estimate of drug-likeness (QED) is 0.380. The van der Waals surface area contributed by atoms with Crippen LogP contribution in [0.2, 0.25) is 0 Å². The van der Waals surface area contributed by atoms with Crippen molar-refractivity contribution in [1.29, 1.82) is 0 Å². The van der Waals surface area contributed by atoms with Crippen LogP contribution < -0.4 is 18.9 Å². The molecule has 1 unspecified atom stereocenters. The first-order valence-electron chi connectivity index (χ1n) is 10.1. The first-order chi connectivity index (χ1) is 15.4. The van der Waals surface area contributed by atoms with Crippen molar-refractivity contribution in [3.8, 4) is 23.0 Å². The van der Waals surface area contributed by atoms with Crippen molar-refractivity contribution in [1.82, 2.24) is 4.90 Å². The second-order valence-corrected chi connectivity index (χ2v) is 7.17. The highest BCUT2D eigenvalue weighted by molar-refractivity contribution is 6.46. The number of carbonyl (C=O) groups excluding carboxylic acids is 2. The molecule has 0 spiro atoms. The van der Waals surface area contributed by atoms with Gasteiger partial charge in [-0.15, -0.1) is 0 Å². The maximum absolute atomic E-state index is 13.1. The number of carbonyl (C=O) groups is 2. The third kappa shape index (κ3) is 3.95. The van der Waals surface area contributed by atoms with Gasteiger partial charge < -0.3 is 29.0 Å². The molecule has 1 fully saturated rings. The molecule has 1 N–H and O–H groups in total. The summed E-state index contributed by atoms with van der Waals surface area (Å²) in [6.45, 7) is 2.26. The first kappa shape index (κ1) is 23.0. The molecule has 0 saturated carbocycles. The van der Waals surface area contributed by atoms with Gasteiger partial charge in [-0.2, -0.15) is 0 Å². The molecule has 3 rings (SSSR count). The lowest BCUT2D eigenvalue weighted by molar-refractivity contribution is -0.139. The maximum Gasteiger partial charge on any atom is 0.295 e. The van der Waals surface area contributed by atoms with Crippen LogP contribution in [0.15, 0.2) is 42.0 Å². The molecule has 1 aliphatic heterocycles. The SMILES string of the molecule is CCCN1C(=O)C(=O)/C(=C(/O)c2ccc(OC)cc2OC)C1c1ccc(OC)c(OC)c1. The summed E-state index contributed by atoms with van der Waals surface area (Å²) in [4.78, 5) is 27.4. The number of hydrogen-bond acceptors (Lipinski definition) is 7. The van der Waals surface area contributed by atoms with E-state index in [0.29, 0.717) is 41.5 Å². The predicted octanol–water partition coefficient (Wildman–Crippen LogP) is 3.55. The Morgan fingerprint density at radius 1 is 0.906 bits per heavy atom. The standard InChI is InChI=1S/C24H27NO7/c1-6-11-25-21(14-7-10-17(30-3)19(12-14)32-5)20(23(27)24(25)28)22(26)16-9-8-15(29-2)13-18(16)31-4/h7-10,12-13,21,26H,6,11H2,1-5H3/b22-20+. The molecule has 0 radical (unpaired) electrons. The summed E-state index contributed by atoms with van der Waals surface area (Å²) in [7, 11) is 6.00. The van der Waals surface area contributed by atoms with E-state index in [1.165, 1.54) is 33.3 Å². The molecule has 1 saturated heterocycles. The summed E-state index contributed by atoms with van der Waals surface area (Å²) < 4.78 is 21.3. The van der Waals surface area contributed by atoms with Gasteiger partial charge in [-0.1, -0.05) is 13.0 Å². The number of Topliss-reactive ketones (excluding diaryl/α,β-unsaturated/α-hetero) is 1. The van der Waals surface area contributed by atoms with Crippen molar-refractivity contribution >= 4 is 17.4 Å². The summed E-state index contributed by atoms with van der Waals surface area (Å²) >= 11 is 0. The lowest BCUT2D eigenvalue weighted by Crippen LogP contribution is -2.30. The molecule has 0 aliphatic carbocycles. The van der Waals surface area contributed by atoms with Gasteiger partial charge in [-0.25, -0.2) is 0 Å². The third-order valence-electron chi connectivity index (χ3n) is 5.39. The van der Waals surface area contributed by atoms with E-state index in [1.807, 2.05) is 6.92 Å². The number of benzene rings is 2. The van der Waals surface area contributed by atoms with Crippen molar-refractivity contribution < 1.29 is 33.6 Å². The molecule has 170 valence electrons. The molecule has 1 heterocycles. The number of aliphatic hydroxyl groups excluding tert-OH is 1. The number of ether oxygens (including phenoxy) is 4. The monoisotopic (exact) mass is 441 g/mol. The number of ketones is 1. The molecule has 1 atom stereocenters. The van der Waals surface area contributed by atoms with Gasteiger partial charge in [0.1, 0.15) is 17.3 Å². The number of nitrogens with zero attached hydrogens (tertiary/aromatic N) is 1. The Morgan fingerprint density at radius 3 is 2.19 bits per heavy atom. The zero-order chi connectivity index (χ0) is 23.4. The highest BCUT2D eigenvalue weighted by Crippen LogP contribution is 2.43. The highest BCUT2D eigenvalue weighted by atomic mass is 16.5. The van der Waals surface area contributed by atoms with Crippen LogP contribution in [0.25, 0.3) is 5.76 Å². The average molecular weight is 441 g/mol. The molecular formula is C24H27NO7. The van der Waals surface area contributed by atoms with Gasteiger partial charge in [0, 0.05) is 12.6 Å². The summed E-state index contributed by atoms with van der Waals surface area (Å²) in [5, 5.41) is 11.2. The lowest BCUT2D eigenvalue weighted by Gasteiger charge is -2.25. The largest absolute Gasteiger partial charge is 0.507 e. The van der Waals surface area contributed by atoms with E-state index in [9.17, 15) is 14.7 Å². The van der Waals surface area contributed by atoms with Crippen LogP contribution in [-0.4, -0.2) is 56.7 Å². The second-order valence-electron chi connectivity index (χ2n) is 7.17. The van der Waals surface area contributed by atoms with E-state index in [-0.39, 0.29) is 16.9 Å². The smallest absolute Gasteiger partial charge is 0.295 e. The minimum atomic E-state index is -0.790. The molecule has 32 heavy (non-hydrogen) atoms. The minimum absolute atomic E-state index is 0.0147. The fraction of sp³-hybridized carbons (Fsp3) is 0.333. The number of rotatable bonds is 8. The molecule has 1 amide bonds. The summed E-state index contributed by atoms with van der Waals surface area (Å²) in [6.07, 6.45) is 0.642. The van der Waals surface area contributed by atoms with Gasteiger partial charge in [0.25, 0.3) is 11.7 Å². The number of hydrogen-bond donors (Lipinski definition) is 1. The van der Waals surface area contributed by atoms with Crippen LogP contribution >= 0.6 is 0 Å². The number of likely N-dealkylation sites (tertiary alicyclic amines) is 1. The van der Waals surface area contributed by atoms with Gasteiger partial charge in [0.2, 0.25) is 0 Å². The van der Waals surface area contributed by atoms with E-state index in [1.54, 1.807) is 36.4 Å². The summed E-state index contributed by atoms with van der Waals surface area (Å²) in [5.41, 5.74) is 0.886. The summed E-state index contributed by atoms with van der Waals surface area (Å²) in [5.74, 6) is 0.0704. The van der Waals surface area contributed by atoms with Crippen molar-refractivity contribution in [2.45, 2.75) is 19.4 Å². The van der Waals surface area contributed by atoms with Crippen LogP contribution in [0.5, 0.6) is 23.0 Å². The number of methoxy groups -OCH3 is 4. The van der Waals surface area contributed by atoms with Crippen molar-refractivity contribution in [2.75, 3.05) is 35.0 Å². The first-order valence-corrected chi connectivity index (χ1v) is 10.1. The minimum Gasteiger partial charge on any atom is -0.507 e. The second kappa shape index (κ2) is 9.64. The fourth-order valence-corrected chi connectivity index (χ4v) is 3.86. The Labute approximate surface area is 187 Å². The van der Waals surface area contributed by atoms with Gasteiger partial charge in [-0.05, 0) is 36.2 Å². The maximum atomic E-state index is 13.1. The van der Waals surface area contributed by atoms with Crippen molar-refractivity contribution in [2.24, 2.45) is 0 Å². The van der Waals surface area contributed by atoms with E-state index >= 15 is 0 Å². The zero-order valence-corrected chi connectivity index (χ0v) is 18.8. The van der Waals surface area contributed by atoms with E-state index in [0.717, 1.165) is 0 Å². The van der Waals surface area contributed by atoms with Crippen molar-refractivity contribution in [3.63, 3.8) is 0 Å². The van der Waals surface area contributed by atoms with Gasteiger partial charge in [-0.3, -0.25) is 9.59 Å². The van der Waals surface area contributed by atoms with Gasteiger partial charge in [0.15, 0.2) is 11.5 Å². The molecule has 8 nitrogen and oxygen atoms in total. The van der Waals surface area contributed by atoms with Gasteiger partial charge >= 0.3 is 0 Å². The topological polar surface area (TPSA) is 94.5 Å². The Bertz CT molecular complexity index is 1060. The van der Waals surface area contributed by atoms with E-state index < -0.39 is 17.7 Å². The summed E-state index contributed by atoms with van der Waals surface area (Å²) in [6, 6.07) is 9.20. The molecule has 2 aromatic rings. The zero-order valence-electron chi connectivity index (χ0n) is 18.8. The highest BCUT2D eigenvalue weighted by Gasteiger charge is 2.46. The van der Waals surface area contributed by atoms with Crippen LogP contribution in [0.4, 0.5) is 0 Å². The molecule has 1 aliphatic rings. The third-order valence-corrected chi connectivity index (χ3v) is 5.39. The van der Waals surface area contributed by atoms with Crippen LogP contribution in [0, 0.1) is 0 Å². The fourth-order valence-electron chi connectivity index (χ4n) is 3.86. The lowest BCUT2D eigenvalue weighted by atomic mass is 9.94. The Balaban J connectivity index is 2.24. The van der Waals surface area contributed by atoms with Crippen LogP contribution in [-0.2, 0) is 9.59 Å². The molecular weight excluding hydrogens is 414 g/mol. The number of aliphatic hydroxyl groups is 1. The van der Waals surface area contributed by atoms with Crippen molar-refractivity contribution in [3.05, 3.63) is 53.1 Å². The average Bonchev–Trinajstić information content (AvgIpc) is 3.07. The van der Waals surface area contributed by atoms with Crippen LogP contribution in [0.1, 0.15) is 30.5 Å². The molecule has 0 aromatic heterocycles. The molecule has 2 aromatic carbocycles. The van der Waals surface area contributed by atoms with Crippen LogP contribution in [0.3, 0.4) is 0 Å². The molecule has 0 bridgehead atoms. The predicted molar refractivity (Wildman–Crippen MR) is 118 cm³/mol. The Morgan fingerprint density at radius 2 is 1.59 bits per heavy atom. The number of amides is 1.